The standard InChI is InChI=1S/C7H6F3NO2S/c8-7(9,10)5-2-1-3-6(4-5)14(11,12)13/h1-4H,(H2,11,12,13). The number of primary sulfonamides is 1. The summed E-state index contributed by atoms with van der Waals surface area (Å²) in [6, 6.07) is 3.26. The van der Waals surface area contributed by atoms with Crippen LogP contribution in [0, 0.1) is 0 Å². The first-order valence-corrected chi connectivity index (χ1v) is 4.96. The van der Waals surface area contributed by atoms with Gasteiger partial charge in [0.1, 0.15) is 0 Å². The zero-order chi connectivity index (χ0) is 11.0. The Morgan fingerprint density at radius 2 is 1.79 bits per heavy atom. The quantitative estimate of drug-likeness (QED) is 0.784. The monoisotopic (exact) mass is 225 g/mol. The normalized spacial score (nSPS) is 12.9. The molecule has 1 aromatic carbocycles. The highest BCUT2D eigenvalue weighted by Crippen LogP contribution is 2.30. The van der Waals surface area contributed by atoms with Gasteiger partial charge in [0, 0.05) is 0 Å². The van der Waals surface area contributed by atoms with E-state index >= 15 is 0 Å². The molecule has 0 bridgehead atoms. The molecule has 2 N–H and O–H groups in total. The first kappa shape index (κ1) is 11.0. The molecule has 78 valence electrons. The van der Waals surface area contributed by atoms with E-state index in [-0.39, 0.29) is 0 Å². The van der Waals surface area contributed by atoms with E-state index in [9.17, 15) is 21.6 Å². The lowest BCUT2D eigenvalue weighted by molar-refractivity contribution is -0.137. The average Bonchev–Trinajstić information content (AvgIpc) is 2.01. The molecular weight excluding hydrogens is 219 g/mol. The molecule has 3 nitrogen and oxygen atoms in total. The molecule has 0 fully saturated rings. The summed E-state index contributed by atoms with van der Waals surface area (Å²) in [6.07, 6.45) is -4.57. The maximum Gasteiger partial charge on any atom is 0.416 e. The molecule has 0 spiro atoms. The number of alkyl halides is 3. The van der Waals surface area contributed by atoms with Gasteiger partial charge in [-0.25, -0.2) is 13.6 Å². The highest BCUT2D eigenvalue weighted by Gasteiger charge is 2.31. The van der Waals surface area contributed by atoms with E-state index in [2.05, 4.69) is 5.14 Å². The van der Waals surface area contributed by atoms with E-state index in [4.69, 9.17) is 0 Å². The summed E-state index contributed by atoms with van der Waals surface area (Å²) in [4.78, 5) is -0.549. The summed E-state index contributed by atoms with van der Waals surface area (Å²) in [5.74, 6) is 0. The van der Waals surface area contributed by atoms with Crippen LogP contribution in [0.25, 0.3) is 0 Å². The van der Waals surface area contributed by atoms with Crippen LogP contribution < -0.4 is 5.14 Å². The predicted octanol–water partition coefficient (Wildman–Crippen LogP) is 1.35. The topological polar surface area (TPSA) is 60.2 Å². The van der Waals surface area contributed by atoms with Gasteiger partial charge in [-0.05, 0) is 18.2 Å². The second-order valence-corrected chi connectivity index (χ2v) is 4.13. The van der Waals surface area contributed by atoms with Gasteiger partial charge in [-0.3, -0.25) is 0 Å². The molecule has 0 radical (unpaired) electrons. The fraction of sp³-hybridized carbons (Fsp3) is 0.143. The van der Waals surface area contributed by atoms with Crippen LogP contribution in [0.15, 0.2) is 29.2 Å². The summed E-state index contributed by atoms with van der Waals surface area (Å²) in [7, 11) is -4.09. The Morgan fingerprint density at radius 3 is 2.21 bits per heavy atom. The van der Waals surface area contributed by atoms with Crippen molar-refractivity contribution < 1.29 is 21.6 Å². The zero-order valence-electron chi connectivity index (χ0n) is 6.75. The maximum absolute atomic E-state index is 12.1. The fourth-order valence-electron chi connectivity index (χ4n) is 0.849. The molecule has 0 atom stereocenters. The summed E-state index contributed by atoms with van der Waals surface area (Å²) >= 11 is 0. The lowest BCUT2D eigenvalue weighted by Crippen LogP contribution is -2.14. The van der Waals surface area contributed by atoms with E-state index in [1.807, 2.05) is 0 Å². The van der Waals surface area contributed by atoms with Crippen LogP contribution >= 0.6 is 0 Å². The Bertz CT molecular complexity index is 438. The summed E-state index contributed by atoms with van der Waals surface area (Å²) in [5.41, 5.74) is -1.04. The molecule has 1 aromatic rings. The molecule has 0 saturated carbocycles. The van der Waals surface area contributed by atoms with Crippen molar-refractivity contribution in [3.63, 3.8) is 0 Å². The number of benzene rings is 1. The Balaban J connectivity index is 3.29. The van der Waals surface area contributed by atoms with Crippen molar-refractivity contribution in [2.75, 3.05) is 0 Å². The van der Waals surface area contributed by atoms with Crippen LogP contribution in [0.3, 0.4) is 0 Å². The third-order valence-electron chi connectivity index (χ3n) is 1.49. The molecule has 0 aliphatic rings. The van der Waals surface area contributed by atoms with Gasteiger partial charge in [-0.15, -0.1) is 0 Å². The number of halogens is 3. The van der Waals surface area contributed by atoms with Crippen LogP contribution in [0.1, 0.15) is 5.56 Å². The summed E-state index contributed by atoms with van der Waals surface area (Å²) < 4.78 is 57.8. The predicted molar refractivity (Wildman–Crippen MR) is 42.8 cm³/mol. The summed E-state index contributed by atoms with van der Waals surface area (Å²) in [6.45, 7) is 0. The maximum atomic E-state index is 12.1. The first-order chi connectivity index (χ1) is 6.21. The van der Waals surface area contributed by atoms with Crippen molar-refractivity contribution in [2.45, 2.75) is 11.1 Å². The Morgan fingerprint density at radius 1 is 1.21 bits per heavy atom. The van der Waals surface area contributed by atoms with Crippen molar-refractivity contribution in [3.8, 4) is 0 Å². The first-order valence-electron chi connectivity index (χ1n) is 3.41. The average molecular weight is 225 g/mol. The number of hydrogen-bond donors (Lipinski definition) is 1. The van der Waals surface area contributed by atoms with Crippen LogP contribution in [-0.2, 0) is 16.2 Å². The van der Waals surface area contributed by atoms with E-state index < -0.39 is 26.7 Å². The van der Waals surface area contributed by atoms with Crippen molar-refractivity contribution in [1.29, 1.82) is 0 Å². The second kappa shape index (κ2) is 3.25. The molecule has 0 aliphatic carbocycles. The molecule has 14 heavy (non-hydrogen) atoms. The lowest BCUT2D eigenvalue weighted by atomic mass is 10.2. The van der Waals surface area contributed by atoms with Gasteiger partial charge in [0.05, 0.1) is 10.5 Å². The van der Waals surface area contributed by atoms with Gasteiger partial charge in [-0.2, -0.15) is 13.2 Å². The molecule has 0 aliphatic heterocycles. The highest BCUT2D eigenvalue weighted by atomic mass is 32.2. The van der Waals surface area contributed by atoms with Gasteiger partial charge in [0.15, 0.2) is 0 Å². The fourth-order valence-corrected chi connectivity index (χ4v) is 1.41. The van der Waals surface area contributed by atoms with Crippen LogP contribution in [0.2, 0.25) is 0 Å². The molecule has 0 aromatic heterocycles. The van der Waals surface area contributed by atoms with Gasteiger partial charge >= 0.3 is 6.18 Å². The van der Waals surface area contributed by atoms with Crippen molar-refractivity contribution in [3.05, 3.63) is 29.8 Å². The van der Waals surface area contributed by atoms with Crippen LogP contribution in [0.5, 0.6) is 0 Å². The van der Waals surface area contributed by atoms with Gasteiger partial charge < -0.3 is 0 Å². The lowest BCUT2D eigenvalue weighted by Gasteiger charge is -2.07. The zero-order valence-corrected chi connectivity index (χ0v) is 7.56. The van der Waals surface area contributed by atoms with Crippen molar-refractivity contribution in [2.24, 2.45) is 5.14 Å². The minimum absolute atomic E-state index is 0.495. The smallest absolute Gasteiger partial charge is 0.225 e. The van der Waals surface area contributed by atoms with Gasteiger partial charge in [0.2, 0.25) is 10.0 Å². The third kappa shape index (κ3) is 2.46. The Labute approximate surface area is 78.4 Å². The Hall–Kier alpha value is -1.08. The Kier molecular flexibility index (Phi) is 2.55. The number of nitrogens with two attached hydrogens (primary N) is 1. The minimum Gasteiger partial charge on any atom is -0.225 e. The molecule has 0 amide bonds. The van der Waals surface area contributed by atoms with Gasteiger partial charge in [0.25, 0.3) is 0 Å². The van der Waals surface area contributed by atoms with Crippen LogP contribution in [-0.4, -0.2) is 8.42 Å². The highest BCUT2D eigenvalue weighted by molar-refractivity contribution is 7.89. The van der Waals surface area contributed by atoms with E-state index in [1.54, 1.807) is 0 Å². The molecule has 0 unspecified atom stereocenters. The second-order valence-electron chi connectivity index (χ2n) is 2.57. The minimum atomic E-state index is -4.57. The van der Waals surface area contributed by atoms with E-state index in [0.29, 0.717) is 6.07 Å². The van der Waals surface area contributed by atoms with E-state index in [1.165, 1.54) is 0 Å². The number of hydrogen-bond acceptors (Lipinski definition) is 2. The third-order valence-corrected chi connectivity index (χ3v) is 2.40. The molecule has 0 heterocycles. The molecule has 1 rings (SSSR count). The van der Waals surface area contributed by atoms with Crippen LogP contribution in [0.4, 0.5) is 13.2 Å². The molecule has 7 heteroatoms. The van der Waals surface area contributed by atoms with Gasteiger partial charge in [-0.1, -0.05) is 6.07 Å². The van der Waals surface area contributed by atoms with Crippen molar-refractivity contribution in [1.82, 2.24) is 0 Å². The van der Waals surface area contributed by atoms with E-state index in [0.717, 1.165) is 18.2 Å². The number of rotatable bonds is 1. The van der Waals surface area contributed by atoms with Crippen molar-refractivity contribution >= 4 is 10.0 Å². The molecule has 0 saturated heterocycles. The molecular formula is C7H6F3NO2S. The largest absolute Gasteiger partial charge is 0.416 e. The number of sulfonamides is 1. The SMILES string of the molecule is NS(=O)(=O)c1cccc(C(F)(F)F)c1. The summed E-state index contributed by atoms with van der Waals surface area (Å²) in [5, 5.41) is 4.67.